The van der Waals surface area contributed by atoms with E-state index in [-0.39, 0.29) is 10.9 Å². The maximum atomic E-state index is 12.8. The van der Waals surface area contributed by atoms with Crippen LogP contribution in [0.3, 0.4) is 0 Å². The molecule has 0 heterocycles. The van der Waals surface area contributed by atoms with Gasteiger partial charge in [-0.1, -0.05) is 13.8 Å². The normalized spacial score (nSPS) is 14.1. The van der Waals surface area contributed by atoms with Gasteiger partial charge in [-0.05, 0) is 44.3 Å². The number of nitrogens with zero attached hydrogens (tertiary/aromatic N) is 1. The van der Waals surface area contributed by atoms with Gasteiger partial charge >= 0.3 is 0 Å². The van der Waals surface area contributed by atoms with Crippen LogP contribution in [0, 0.1) is 11.7 Å². The summed E-state index contributed by atoms with van der Waals surface area (Å²) in [5.74, 6) is -0.127. The van der Waals surface area contributed by atoms with Crippen LogP contribution in [0.4, 0.5) is 4.39 Å². The number of nitrogens with one attached hydrogen (secondary N) is 1. The highest BCUT2D eigenvalue weighted by Crippen LogP contribution is 2.11. The summed E-state index contributed by atoms with van der Waals surface area (Å²) < 4.78 is 39.4. The molecular formula is C13H21FN2O2S. The maximum Gasteiger partial charge on any atom is 0.240 e. The Morgan fingerprint density at radius 1 is 1.21 bits per heavy atom. The van der Waals surface area contributed by atoms with Crippen LogP contribution in [0.25, 0.3) is 0 Å². The molecule has 108 valence electrons. The molecule has 0 spiro atoms. The van der Waals surface area contributed by atoms with E-state index in [1.54, 1.807) is 0 Å². The summed E-state index contributed by atoms with van der Waals surface area (Å²) >= 11 is 0. The Kier molecular flexibility index (Phi) is 5.46. The zero-order valence-corrected chi connectivity index (χ0v) is 12.5. The number of hydrogen-bond acceptors (Lipinski definition) is 3. The van der Waals surface area contributed by atoms with E-state index >= 15 is 0 Å². The average molecular weight is 288 g/mol. The summed E-state index contributed by atoms with van der Waals surface area (Å²) in [6.07, 6.45) is 0. The standard InChI is InChI=1S/C13H21FN2O2S/c1-10(2)13(16(3)4)9-15-19(17,18)12-7-5-11(14)6-8-12/h5-8,10,13,15H,9H2,1-4H3. The van der Waals surface area contributed by atoms with Gasteiger partial charge in [0.25, 0.3) is 0 Å². The Hall–Kier alpha value is -0.980. The summed E-state index contributed by atoms with van der Waals surface area (Å²) in [4.78, 5) is 2.06. The summed E-state index contributed by atoms with van der Waals surface area (Å²) in [6.45, 7) is 4.40. The van der Waals surface area contributed by atoms with Gasteiger partial charge in [0.1, 0.15) is 5.82 Å². The van der Waals surface area contributed by atoms with Crippen LogP contribution in [0.1, 0.15) is 13.8 Å². The Labute approximate surface area is 114 Å². The minimum atomic E-state index is -3.58. The predicted molar refractivity (Wildman–Crippen MR) is 73.9 cm³/mol. The molecule has 0 aliphatic rings. The van der Waals surface area contributed by atoms with Gasteiger partial charge in [-0.25, -0.2) is 17.5 Å². The zero-order valence-electron chi connectivity index (χ0n) is 11.7. The molecule has 0 saturated heterocycles. The fourth-order valence-corrected chi connectivity index (χ4v) is 2.96. The lowest BCUT2D eigenvalue weighted by molar-refractivity contribution is 0.233. The zero-order chi connectivity index (χ0) is 14.6. The fraction of sp³-hybridized carbons (Fsp3) is 0.538. The molecule has 0 saturated carbocycles. The van der Waals surface area contributed by atoms with Crippen LogP contribution in [-0.2, 0) is 10.0 Å². The van der Waals surface area contributed by atoms with E-state index < -0.39 is 15.8 Å². The van der Waals surface area contributed by atoms with Crippen LogP contribution >= 0.6 is 0 Å². The van der Waals surface area contributed by atoms with Gasteiger partial charge in [0.15, 0.2) is 0 Å². The maximum absolute atomic E-state index is 12.8. The third kappa shape index (κ3) is 4.56. The smallest absolute Gasteiger partial charge is 0.240 e. The largest absolute Gasteiger partial charge is 0.305 e. The number of benzene rings is 1. The van der Waals surface area contributed by atoms with Crippen molar-refractivity contribution in [3.05, 3.63) is 30.1 Å². The van der Waals surface area contributed by atoms with Gasteiger partial charge in [-0.2, -0.15) is 0 Å². The van der Waals surface area contributed by atoms with Crippen LogP contribution < -0.4 is 4.72 Å². The molecule has 1 aromatic carbocycles. The summed E-state index contributed by atoms with van der Waals surface area (Å²) in [6, 6.07) is 4.91. The van der Waals surface area contributed by atoms with Gasteiger partial charge in [0, 0.05) is 12.6 Å². The van der Waals surface area contributed by atoms with Crippen molar-refractivity contribution in [1.82, 2.24) is 9.62 Å². The molecule has 4 nitrogen and oxygen atoms in total. The van der Waals surface area contributed by atoms with E-state index in [4.69, 9.17) is 0 Å². The lowest BCUT2D eigenvalue weighted by Gasteiger charge is -2.28. The number of rotatable bonds is 6. The van der Waals surface area contributed by atoms with E-state index in [1.807, 2.05) is 32.8 Å². The molecule has 0 amide bonds. The van der Waals surface area contributed by atoms with E-state index in [1.165, 1.54) is 12.1 Å². The summed E-state index contributed by atoms with van der Waals surface area (Å²) in [5, 5.41) is 0. The van der Waals surface area contributed by atoms with Crippen molar-refractivity contribution in [3.8, 4) is 0 Å². The molecule has 1 aromatic rings. The molecule has 1 N–H and O–H groups in total. The number of sulfonamides is 1. The first-order valence-electron chi connectivity index (χ1n) is 6.15. The molecule has 0 aromatic heterocycles. The van der Waals surface area contributed by atoms with Crippen molar-refractivity contribution in [1.29, 1.82) is 0 Å². The quantitative estimate of drug-likeness (QED) is 0.866. The molecule has 1 rings (SSSR count). The first-order chi connectivity index (χ1) is 8.74. The monoisotopic (exact) mass is 288 g/mol. The fourth-order valence-electron chi connectivity index (χ4n) is 1.91. The van der Waals surface area contributed by atoms with Gasteiger partial charge < -0.3 is 4.90 Å². The molecule has 0 aliphatic heterocycles. The highest BCUT2D eigenvalue weighted by atomic mass is 32.2. The average Bonchev–Trinajstić information content (AvgIpc) is 2.28. The van der Waals surface area contributed by atoms with Crippen molar-refractivity contribution in [3.63, 3.8) is 0 Å². The van der Waals surface area contributed by atoms with Crippen molar-refractivity contribution >= 4 is 10.0 Å². The summed E-state index contributed by atoms with van der Waals surface area (Å²) in [7, 11) is 0.245. The molecular weight excluding hydrogens is 267 g/mol. The first-order valence-corrected chi connectivity index (χ1v) is 7.64. The van der Waals surface area contributed by atoms with Crippen molar-refractivity contribution < 1.29 is 12.8 Å². The van der Waals surface area contributed by atoms with Gasteiger partial charge in [-0.15, -0.1) is 0 Å². The van der Waals surface area contributed by atoms with E-state index in [9.17, 15) is 12.8 Å². The van der Waals surface area contributed by atoms with E-state index in [2.05, 4.69) is 4.72 Å². The Morgan fingerprint density at radius 2 is 1.74 bits per heavy atom. The van der Waals surface area contributed by atoms with Crippen LogP contribution in [0.15, 0.2) is 29.2 Å². The van der Waals surface area contributed by atoms with Crippen LogP contribution in [0.2, 0.25) is 0 Å². The molecule has 19 heavy (non-hydrogen) atoms. The van der Waals surface area contributed by atoms with Crippen molar-refractivity contribution in [2.24, 2.45) is 5.92 Å². The highest BCUT2D eigenvalue weighted by Gasteiger charge is 2.20. The third-order valence-corrected chi connectivity index (χ3v) is 4.48. The molecule has 0 bridgehead atoms. The predicted octanol–water partition coefficient (Wildman–Crippen LogP) is 1.69. The molecule has 1 unspecified atom stereocenters. The molecule has 6 heteroatoms. The third-order valence-electron chi connectivity index (χ3n) is 3.04. The van der Waals surface area contributed by atoms with E-state index in [0.29, 0.717) is 12.5 Å². The van der Waals surface area contributed by atoms with E-state index in [0.717, 1.165) is 12.1 Å². The van der Waals surface area contributed by atoms with Crippen molar-refractivity contribution in [2.75, 3.05) is 20.6 Å². The van der Waals surface area contributed by atoms with Crippen LogP contribution in [0.5, 0.6) is 0 Å². The Balaban J connectivity index is 2.78. The first kappa shape index (κ1) is 16.1. The molecule has 0 fully saturated rings. The molecule has 0 aliphatic carbocycles. The van der Waals surface area contributed by atoms with Gasteiger partial charge in [0.05, 0.1) is 4.90 Å². The number of likely N-dealkylation sites (N-methyl/N-ethyl adjacent to an activating group) is 1. The van der Waals surface area contributed by atoms with Crippen molar-refractivity contribution in [2.45, 2.75) is 24.8 Å². The van der Waals surface area contributed by atoms with Gasteiger partial charge in [-0.3, -0.25) is 0 Å². The van der Waals surface area contributed by atoms with Gasteiger partial charge in [0.2, 0.25) is 10.0 Å². The second kappa shape index (κ2) is 6.45. The topological polar surface area (TPSA) is 49.4 Å². The minimum Gasteiger partial charge on any atom is -0.305 e. The second-order valence-electron chi connectivity index (χ2n) is 5.08. The molecule has 1 atom stereocenters. The lowest BCUT2D eigenvalue weighted by atomic mass is 10.0. The Morgan fingerprint density at radius 3 is 2.16 bits per heavy atom. The lowest BCUT2D eigenvalue weighted by Crippen LogP contribution is -2.43. The summed E-state index contributed by atoms with van der Waals surface area (Å²) in [5.41, 5.74) is 0. The van der Waals surface area contributed by atoms with Crippen LogP contribution in [-0.4, -0.2) is 40.0 Å². The highest BCUT2D eigenvalue weighted by molar-refractivity contribution is 7.89. The Bertz CT molecular complexity index is 490. The second-order valence-corrected chi connectivity index (χ2v) is 6.85. The number of hydrogen-bond donors (Lipinski definition) is 1. The SMILES string of the molecule is CC(C)C(CNS(=O)(=O)c1ccc(F)cc1)N(C)C. The minimum absolute atomic E-state index is 0.0789. The number of halogens is 1. The molecule has 0 radical (unpaired) electrons.